The second-order valence-electron chi connectivity index (χ2n) is 13.0. The fourth-order valence-electron chi connectivity index (χ4n) is 5.95. The van der Waals surface area contributed by atoms with Crippen molar-refractivity contribution in [1.82, 2.24) is 14.7 Å². The third-order valence-corrected chi connectivity index (χ3v) is 8.02. The topological polar surface area (TPSA) is 82.2 Å². The first-order valence-electron chi connectivity index (χ1n) is 16.3. The van der Waals surface area contributed by atoms with Crippen LogP contribution in [0.1, 0.15) is 77.8 Å². The number of hydrogen-bond donors (Lipinski definition) is 1. The Morgan fingerprint density at radius 3 is 1.65 bits per heavy atom. The minimum atomic E-state index is -0.485. The molecule has 8 heteroatoms. The van der Waals surface area contributed by atoms with E-state index in [0.717, 1.165) is 42.6 Å². The van der Waals surface area contributed by atoms with E-state index in [1.54, 1.807) is 19.1 Å². The minimum absolute atomic E-state index is 0.0740. The molecule has 1 aliphatic heterocycles. The number of Topliss-reactive ketones (excluding diaryl/α,β-unsaturated/α-hetero) is 1. The average molecular weight is 649 g/mol. The van der Waals surface area contributed by atoms with Crippen LogP contribution in [-0.4, -0.2) is 81.6 Å². The summed E-state index contributed by atoms with van der Waals surface area (Å²) in [6.45, 7) is 4.60. The van der Waals surface area contributed by atoms with Gasteiger partial charge in [0.15, 0.2) is 5.78 Å². The molecule has 0 aliphatic carbocycles. The summed E-state index contributed by atoms with van der Waals surface area (Å²) < 4.78 is 5.26. The lowest BCUT2D eigenvalue weighted by atomic mass is 9.77. The Morgan fingerprint density at radius 2 is 1.19 bits per heavy atom. The van der Waals surface area contributed by atoms with Crippen molar-refractivity contribution >= 4 is 23.7 Å². The maximum absolute atomic E-state index is 14.1. The number of fused-ring (bicyclic) bond motifs is 1. The molecule has 0 fully saturated rings. The number of ether oxygens (including phenoxy) is 1. The zero-order valence-electron chi connectivity index (χ0n) is 29.2. The molecule has 0 bridgehead atoms. The van der Waals surface area contributed by atoms with E-state index in [2.05, 4.69) is 56.4 Å². The minimum Gasteiger partial charge on any atom is -0.462 e. The molecular formula is C40H48N4O4. The van der Waals surface area contributed by atoms with Gasteiger partial charge in [-0.2, -0.15) is 0 Å². The van der Waals surface area contributed by atoms with Gasteiger partial charge in [0.2, 0.25) is 0 Å². The molecule has 0 saturated carbocycles. The van der Waals surface area contributed by atoms with Crippen LogP contribution in [0, 0.1) is 0 Å². The summed E-state index contributed by atoms with van der Waals surface area (Å²) in [6, 6.07) is 29.3. The molecule has 1 aliphatic rings. The molecule has 4 aromatic rings. The van der Waals surface area contributed by atoms with Crippen LogP contribution in [0.4, 0.5) is 5.69 Å². The van der Waals surface area contributed by atoms with E-state index in [1.807, 2.05) is 84.8 Å². The predicted molar refractivity (Wildman–Crippen MR) is 193 cm³/mol. The van der Waals surface area contributed by atoms with Gasteiger partial charge in [0.1, 0.15) is 6.29 Å². The van der Waals surface area contributed by atoms with Crippen LogP contribution < -0.4 is 5.32 Å². The van der Waals surface area contributed by atoms with E-state index in [1.165, 1.54) is 16.7 Å². The number of nitrogens with one attached hydrogen (secondary N) is 1. The highest BCUT2D eigenvalue weighted by Crippen LogP contribution is 2.43. The van der Waals surface area contributed by atoms with E-state index in [0.29, 0.717) is 16.8 Å². The lowest BCUT2D eigenvalue weighted by molar-refractivity contribution is 0.0522. The highest BCUT2D eigenvalue weighted by Gasteiger charge is 2.39. The maximum Gasteiger partial charge on any atom is 0.338 e. The van der Waals surface area contributed by atoms with Crippen molar-refractivity contribution < 1.29 is 19.1 Å². The van der Waals surface area contributed by atoms with Crippen molar-refractivity contribution in [3.05, 3.63) is 136 Å². The van der Waals surface area contributed by atoms with Gasteiger partial charge in [-0.15, -0.1) is 0 Å². The number of nitrogens with zero attached hydrogens (tertiary/aromatic N) is 3. The molecule has 0 saturated heterocycles. The van der Waals surface area contributed by atoms with Crippen molar-refractivity contribution in [3.8, 4) is 0 Å². The van der Waals surface area contributed by atoms with Crippen LogP contribution in [0.15, 0.2) is 91.0 Å². The van der Waals surface area contributed by atoms with Crippen molar-refractivity contribution in [2.45, 2.75) is 38.5 Å². The van der Waals surface area contributed by atoms with Crippen LogP contribution in [0.25, 0.3) is 0 Å². The van der Waals surface area contributed by atoms with Crippen LogP contribution in [-0.2, 0) is 24.4 Å². The molecule has 2 atom stereocenters. The van der Waals surface area contributed by atoms with Gasteiger partial charge in [-0.25, -0.2) is 4.79 Å². The highest BCUT2D eigenvalue weighted by molar-refractivity contribution is 6.14. The Labute approximate surface area is 285 Å². The van der Waals surface area contributed by atoms with Crippen LogP contribution in [0.5, 0.6) is 0 Å². The Bertz CT molecular complexity index is 1660. The lowest BCUT2D eigenvalue weighted by Gasteiger charge is -2.35. The average Bonchev–Trinajstić information content (AvgIpc) is 3.05. The van der Waals surface area contributed by atoms with Crippen molar-refractivity contribution in [1.29, 1.82) is 0 Å². The molecule has 0 amide bonds. The molecule has 1 heterocycles. The van der Waals surface area contributed by atoms with Crippen molar-refractivity contribution in [2.24, 2.45) is 0 Å². The first-order chi connectivity index (χ1) is 23.0. The largest absolute Gasteiger partial charge is 0.462 e. The van der Waals surface area contributed by atoms with Crippen LogP contribution in [0.3, 0.4) is 0 Å². The molecule has 8 nitrogen and oxygen atoms in total. The number of rotatable bonds is 11. The smallest absolute Gasteiger partial charge is 0.338 e. The van der Waals surface area contributed by atoms with Crippen molar-refractivity contribution in [2.75, 3.05) is 54.2 Å². The van der Waals surface area contributed by atoms with E-state index < -0.39 is 11.9 Å². The summed E-state index contributed by atoms with van der Waals surface area (Å²) in [6.07, 6.45) is 0.861. The number of carbonyl (C=O) groups excluding carboxylic acids is 3. The first-order valence-corrected chi connectivity index (χ1v) is 16.3. The van der Waals surface area contributed by atoms with Crippen LogP contribution in [0.2, 0.25) is 0 Å². The Kier molecular flexibility index (Phi) is 12.8. The third-order valence-electron chi connectivity index (χ3n) is 8.02. The number of anilines is 1. The molecule has 48 heavy (non-hydrogen) atoms. The van der Waals surface area contributed by atoms with Gasteiger partial charge >= 0.3 is 5.97 Å². The van der Waals surface area contributed by atoms with E-state index in [4.69, 9.17) is 4.74 Å². The molecule has 0 radical (unpaired) electrons. The Hall–Kier alpha value is -4.63. The number of esters is 1. The molecular weight excluding hydrogens is 600 g/mol. The standard InChI is InChI=1S/C30H35N3O3.C10H13NO/c1-6-36-30(35)24-8-7-9-25-27(24)29(34)26(22-14-10-20(11-15-22)18-32(2)3)28(31-25)23-16-12-21(13-17-23)19-33(4)5;1-11(2)7-9-3-5-10(8-12)6-4-9/h7-17,26,28,31H,6,18-19H2,1-5H3;3-6,8H,7H2,1-2H3. The monoisotopic (exact) mass is 648 g/mol. The van der Waals surface area contributed by atoms with Gasteiger partial charge in [0, 0.05) is 30.9 Å². The zero-order chi connectivity index (χ0) is 34.8. The summed E-state index contributed by atoms with van der Waals surface area (Å²) in [5, 5.41) is 3.59. The highest BCUT2D eigenvalue weighted by atomic mass is 16.5. The summed E-state index contributed by atoms with van der Waals surface area (Å²) in [5.74, 6) is -1.03. The van der Waals surface area contributed by atoms with Gasteiger partial charge < -0.3 is 24.8 Å². The van der Waals surface area contributed by atoms with Gasteiger partial charge in [-0.1, -0.05) is 78.9 Å². The SMILES string of the molecule is CCOC(=O)c1cccc2c1C(=O)C(c1ccc(CN(C)C)cc1)C(c1ccc(CN(C)C)cc1)N2.CN(C)Cc1ccc(C=O)cc1. The number of ketones is 1. The second kappa shape index (κ2) is 17.0. The quantitative estimate of drug-likeness (QED) is 0.143. The zero-order valence-corrected chi connectivity index (χ0v) is 29.2. The Balaban J connectivity index is 0.000000365. The summed E-state index contributed by atoms with van der Waals surface area (Å²) in [7, 11) is 12.2. The van der Waals surface area contributed by atoms with Crippen molar-refractivity contribution in [3.63, 3.8) is 0 Å². The first kappa shape index (κ1) is 36.2. The predicted octanol–water partition coefficient (Wildman–Crippen LogP) is 6.68. The van der Waals surface area contributed by atoms with Gasteiger partial charge in [-0.05, 0) is 89.2 Å². The fourth-order valence-corrected chi connectivity index (χ4v) is 5.95. The molecule has 0 spiro atoms. The summed E-state index contributed by atoms with van der Waals surface area (Å²) >= 11 is 0. The molecule has 4 aromatic carbocycles. The third kappa shape index (κ3) is 9.47. The van der Waals surface area contributed by atoms with Gasteiger partial charge in [0.05, 0.1) is 29.7 Å². The van der Waals surface area contributed by atoms with E-state index >= 15 is 0 Å². The number of benzene rings is 4. The Morgan fingerprint density at radius 1 is 0.708 bits per heavy atom. The molecule has 5 rings (SSSR count). The molecule has 0 aromatic heterocycles. The van der Waals surface area contributed by atoms with Gasteiger partial charge in [0.25, 0.3) is 0 Å². The molecule has 252 valence electrons. The lowest BCUT2D eigenvalue weighted by Crippen LogP contribution is -2.33. The summed E-state index contributed by atoms with van der Waals surface area (Å²) in [5.41, 5.74) is 7.66. The fraction of sp³-hybridized carbons (Fsp3) is 0.325. The van der Waals surface area contributed by atoms with Gasteiger partial charge in [-0.3, -0.25) is 9.59 Å². The molecule has 2 unspecified atom stereocenters. The second-order valence-corrected chi connectivity index (χ2v) is 13.0. The normalized spacial score (nSPS) is 15.4. The van der Waals surface area contributed by atoms with Crippen LogP contribution >= 0.6 is 0 Å². The number of hydrogen-bond acceptors (Lipinski definition) is 8. The number of aldehydes is 1. The van der Waals surface area contributed by atoms with E-state index in [9.17, 15) is 14.4 Å². The summed E-state index contributed by atoms with van der Waals surface area (Å²) in [4.78, 5) is 43.5. The maximum atomic E-state index is 14.1. The number of carbonyl (C=O) groups is 3. The molecule has 1 N–H and O–H groups in total. The van der Waals surface area contributed by atoms with E-state index in [-0.39, 0.29) is 18.4 Å².